The molecule has 0 saturated heterocycles. The van der Waals surface area contributed by atoms with E-state index in [0.717, 1.165) is 17.8 Å². The summed E-state index contributed by atoms with van der Waals surface area (Å²) in [5.41, 5.74) is 7.79. The van der Waals surface area contributed by atoms with Crippen LogP contribution in [0.2, 0.25) is 0 Å². The lowest BCUT2D eigenvalue weighted by Crippen LogP contribution is -2.50. The minimum atomic E-state index is 0.238. The van der Waals surface area contributed by atoms with Crippen molar-refractivity contribution in [3.05, 3.63) is 35.9 Å². The first kappa shape index (κ1) is 22.0. The molecule has 1 aromatic rings. The molecule has 0 spiro atoms. The minimum Gasteiger partial charge on any atom is -0.328 e. The first-order valence-corrected chi connectivity index (χ1v) is 12.2. The van der Waals surface area contributed by atoms with Gasteiger partial charge in [0.05, 0.1) is 0 Å². The summed E-state index contributed by atoms with van der Waals surface area (Å²) >= 11 is 5.44. The highest BCUT2D eigenvalue weighted by Crippen LogP contribution is 2.59. The molecule has 3 saturated carbocycles. The molecule has 5 atom stereocenters. The van der Waals surface area contributed by atoms with E-state index in [4.69, 9.17) is 18.0 Å². The van der Waals surface area contributed by atoms with Crippen LogP contribution in [0.25, 0.3) is 0 Å². The number of nitrogens with two attached hydrogens (primary N) is 1. The van der Waals surface area contributed by atoms with Crippen LogP contribution in [-0.4, -0.2) is 11.4 Å². The van der Waals surface area contributed by atoms with Crippen LogP contribution in [0.4, 0.5) is 0 Å². The van der Waals surface area contributed by atoms with Crippen molar-refractivity contribution in [1.29, 1.82) is 0 Å². The Hall–Kier alpha value is -0.730. The second kappa shape index (κ2) is 9.39. The van der Waals surface area contributed by atoms with Crippen molar-refractivity contribution >= 4 is 17.6 Å². The Labute approximate surface area is 178 Å². The predicted octanol–water partition coefficient (Wildman–Crippen LogP) is 7.07. The van der Waals surface area contributed by atoms with Crippen LogP contribution < -0.4 is 5.73 Å². The Kier molecular flexibility index (Phi) is 7.37. The van der Waals surface area contributed by atoms with Crippen LogP contribution in [-0.2, 0) is 5.41 Å². The Bertz CT molecular complexity index is 619. The van der Waals surface area contributed by atoms with Crippen LogP contribution >= 0.6 is 12.2 Å². The largest absolute Gasteiger partial charge is 0.328 e. The maximum Gasteiger partial charge on any atom is 0.00388 e. The fourth-order valence-electron chi connectivity index (χ4n) is 6.87. The smallest absolute Gasteiger partial charge is 0.00388 e. The highest BCUT2D eigenvalue weighted by atomic mass is 32.1. The zero-order valence-electron chi connectivity index (χ0n) is 18.3. The third-order valence-corrected chi connectivity index (χ3v) is 8.53. The molecule has 156 valence electrons. The molecule has 0 aliphatic heterocycles. The molecular weight excluding hydrogens is 358 g/mol. The van der Waals surface area contributed by atoms with Gasteiger partial charge >= 0.3 is 0 Å². The zero-order valence-corrected chi connectivity index (χ0v) is 19.1. The van der Waals surface area contributed by atoms with E-state index in [1.165, 1.54) is 64.2 Å². The average molecular weight is 400 g/mol. The van der Waals surface area contributed by atoms with E-state index in [-0.39, 0.29) is 5.41 Å². The molecule has 2 N–H and O–H groups in total. The van der Waals surface area contributed by atoms with Gasteiger partial charge in [0.15, 0.2) is 0 Å². The molecule has 2 bridgehead atoms. The number of benzene rings is 1. The van der Waals surface area contributed by atoms with E-state index in [9.17, 15) is 0 Å². The van der Waals surface area contributed by atoms with Gasteiger partial charge in [-0.05, 0) is 78.0 Å². The molecule has 1 nitrogen and oxygen atoms in total. The lowest BCUT2D eigenvalue weighted by molar-refractivity contribution is 0.00462. The zero-order chi connectivity index (χ0) is 20.2. The number of rotatable bonds is 3. The van der Waals surface area contributed by atoms with E-state index >= 15 is 0 Å². The highest BCUT2D eigenvalue weighted by Gasteiger charge is 2.52. The molecule has 0 amide bonds. The molecule has 2 heteroatoms. The van der Waals surface area contributed by atoms with Crippen LogP contribution in [0.15, 0.2) is 30.3 Å². The van der Waals surface area contributed by atoms with Gasteiger partial charge in [-0.25, -0.2) is 0 Å². The van der Waals surface area contributed by atoms with E-state index in [0.29, 0.717) is 11.5 Å². The Morgan fingerprint density at radius 1 is 1.07 bits per heavy atom. The summed E-state index contributed by atoms with van der Waals surface area (Å²) < 4.78 is 0. The highest BCUT2D eigenvalue weighted by molar-refractivity contribution is 7.79. The minimum absolute atomic E-state index is 0.238. The first-order chi connectivity index (χ1) is 13.4. The van der Waals surface area contributed by atoms with Crippen LogP contribution in [0.3, 0.4) is 0 Å². The van der Waals surface area contributed by atoms with Gasteiger partial charge in [-0.1, -0.05) is 89.0 Å². The second-order valence-corrected chi connectivity index (χ2v) is 10.7. The molecule has 1 aromatic carbocycles. The van der Waals surface area contributed by atoms with E-state index in [1.807, 2.05) is 0 Å². The standard InChI is InChI=1S/C20H28S.C6H13N/c1-4-18-15(2)10-20(17-8-6-5-7-9-17)12-16(18)11-19(3,13-20)14-21;7-6-4-2-1-3-5-6/h5-9,14-16,18H,4,10-13H2,1-3H3;6H,1-5,7H2. The molecule has 4 rings (SSSR count). The Balaban J connectivity index is 0.000000271. The molecule has 28 heavy (non-hydrogen) atoms. The van der Waals surface area contributed by atoms with Gasteiger partial charge in [-0.3, -0.25) is 0 Å². The van der Waals surface area contributed by atoms with E-state index in [1.54, 1.807) is 5.56 Å². The van der Waals surface area contributed by atoms with Crippen molar-refractivity contribution in [1.82, 2.24) is 0 Å². The number of hydrogen-bond donors (Lipinski definition) is 1. The van der Waals surface area contributed by atoms with Crippen LogP contribution in [0, 0.1) is 23.2 Å². The van der Waals surface area contributed by atoms with Gasteiger partial charge in [-0.2, -0.15) is 0 Å². The first-order valence-electron chi connectivity index (χ1n) is 11.7. The molecule has 5 unspecified atom stereocenters. The number of hydrogen-bond acceptors (Lipinski definition) is 2. The van der Waals surface area contributed by atoms with Crippen molar-refractivity contribution in [2.24, 2.45) is 28.9 Å². The summed E-state index contributed by atoms with van der Waals surface area (Å²) in [5, 5.41) is 2.08. The third-order valence-electron chi connectivity index (χ3n) is 7.96. The lowest BCUT2D eigenvalue weighted by Gasteiger charge is -2.57. The molecular formula is C26H41NS. The molecule has 0 heterocycles. The van der Waals surface area contributed by atoms with Crippen molar-refractivity contribution in [3.63, 3.8) is 0 Å². The topological polar surface area (TPSA) is 26.0 Å². The maximum atomic E-state index is 5.63. The molecule has 3 aliphatic rings. The van der Waals surface area contributed by atoms with Crippen molar-refractivity contribution in [3.8, 4) is 0 Å². The van der Waals surface area contributed by atoms with Crippen molar-refractivity contribution < 1.29 is 0 Å². The summed E-state index contributed by atoms with van der Waals surface area (Å²) in [6.45, 7) is 7.25. The monoisotopic (exact) mass is 399 g/mol. The maximum absolute atomic E-state index is 5.63. The van der Waals surface area contributed by atoms with Gasteiger partial charge in [0.25, 0.3) is 0 Å². The van der Waals surface area contributed by atoms with Gasteiger partial charge in [0, 0.05) is 6.04 Å². The Morgan fingerprint density at radius 2 is 1.75 bits per heavy atom. The van der Waals surface area contributed by atoms with Gasteiger partial charge in [0.2, 0.25) is 0 Å². The van der Waals surface area contributed by atoms with Gasteiger partial charge < -0.3 is 5.73 Å². The van der Waals surface area contributed by atoms with E-state index in [2.05, 4.69) is 56.5 Å². The summed E-state index contributed by atoms with van der Waals surface area (Å²) in [6, 6.07) is 11.8. The van der Waals surface area contributed by atoms with Crippen molar-refractivity contribution in [2.45, 2.75) is 96.4 Å². The second-order valence-electron chi connectivity index (χ2n) is 10.4. The Morgan fingerprint density at radius 3 is 2.29 bits per heavy atom. The SMILES string of the molecule is CCC1C(C)CC2(c3ccccc3)CC1CC(C)(C=S)C2.NC1CCCCC1. The summed E-state index contributed by atoms with van der Waals surface area (Å²) in [7, 11) is 0. The van der Waals surface area contributed by atoms with Crippen LogP contribution in [0.1, 0.15) is 90.5 Å². The fourth-order valence-corrected chi connectivity index (χ4v) is 7.05. The predicted molar refractivity (Wildman–Crippen MR) is 126 cm³/mol. The third kappa shape index (κ3) is 4.87. The molecule has 0 radical (unpaired) electrons. The molecule has 3 aliphatic carbocycles. The molecule has 0 aromatic heterocycles. The average Bonchev–Trinajstić information content (AvgIpc) is 2.69. The summed E-state index contributed by atoms with van der Waals surface area (Å²) in [6.07, 6.45) is 13.2. The summed E-state index contributed by atoms with van der Waals surface area (Å²) in [5.74, 6) is 2.57. The van der Waals surface area contributed by atoms with Gasteiger partial charge in [0.1, 0.15) is 0 Å². The normalized spacial score (nSPS) is 38.2. The lowest BCUT2D eigenvalue weighted by atomic mass is 9.48. The number of thiocarbonyl (C=S) groups is 1. The van der Waals surface area contributed by atoms with Gasteiger partial charge in [-0.15, -0.1) is 0 Å². The van der Waals surface area contributed by atoms with Crippen LogP contribution in [0.5, 0.6) is 0 Å². The van der Waals surface area contributed by atoms with Crippen molar-refractivity contribution in [2.75, 3.05) is 0 Å². The number of fused-ring (bicyclic) bond motifs is 2. The molecule has 3 fully saturated rings. The van der Waals surface area contributed by atoms with E-state index < -0.39 is 0 Å². The fraction of sp³-hybridized carbons (Fsp3) is 0.731. The quantitative estimate of drug-likeness (QED) is 0.550. The summed E-state index contributed by atoms with van der Waals surface area (Å²) in [4.78, 5) is 0.